The average molecular weight is 281 g/mol. The van der Waals surface area contributed by atoms with E-state index in [0.717, 1.165) is 11.8 Å². The lowest BCUT2D eigenvalue weighted by Gasteiger charge is -2.13. The summed E-state index contributed by atoms with van der Waals surface area (Å²) in [4.78, 5) is 11.6. The van der Waals surface area contributed by atoms with Gasteiger partial charge in [-0.2, -0.15) is 13.2 Å². The van der Waals surface area contributed by atoms with Crippen LogP contribution < -0.4 is 5.32 Å². The smallest absolute Gasteiger partial charge is 0.346 e. The van der Waals surface area contributed by atoms with Crippen LogP contribution in [0.4, 0.5) is 17.6 Å². The highest BCUT2D eigenvalue weighted by molar-refractivity contribution is 8.00. The lowest BCUT2D eigenvalue weighted by molar-refractivity contribution is -0.137. The Balaban J connectivity index is 2.53. The molecule has 1 amide bonds. The summed E-state index contributed by atoms with van der Waals surface area (Å²) in [5.41, 5.74) is 0. The highest BCUT2D eigenvalue weighted by atomic mass is 32.2. The van der Waals surface area contributed by atoms with E-state index >= 15 is 0 Å². The Morgan fingerprint density at radius 1 is 1.39 bits per heavy atom. The fourth-order valence-corrected chi connectivity index (χ4v) is 2.02. The van der Waals surface area contributed by atoms with Crippen LogP contribution >= 0.6 is 11.8 Å². The van der Waals surface area contributed by atoms with Crippen molar-refractivity contribution in [3.63, 3.8) is 0 Å². The van der Waals surface area contributed by atoms with Crippen molar-refractivity contribution in [2.24, 2.45) is 0 Å². The van der Waals surface area contributed by atoms with E-state index in [0.29, 0.717) is 0 Å². The molecule has 0 fully saturated rings. The first-order valence-corrected chi connectivity index (χ1v) is 5.93. The molecule has 18 heavy (non-hydrogen) atoms. The Kier molecular flexibility index (Phi) is 5.01. The van der Waals surface area contributed by atoms with Gasteiger partial charge in [-0.25, -0.2) is 4.39 Å². The van der Waals surface area contributed by atoms with E-state index in [1.54, 1.807) is 11.4 Å². The predicted octanol–water partition coefficient (Wildman–Crippen LogP) is 2.98. The third kappa shape index (κ3) is 4.95. The van der Waals surface area contributed by atoms with Crippen molar-refractivity contribution >= 4 is 17.7 Å². The van der Waals surface area contributed by atoms with Crippen molar-refractivity contribution in [1.82, 2.24) is 5.32 Å². The minimum absolute atomic E-state index is 0.229. The molecular formula is C11H11F4NOS. The maximum Gasteiger partial charge on any atom is 0.405 e. The van der Waals surface area contributed by atoms with E-state index in [1.165, 1.54) is 25.1 Å². The summed E-state index contributed by atoms with van der Waals surface area (Å²) in [6.07, 6.45) is -4.45. The SMILES string of the molecule is CC(Sc1ccccc1F)C(=O)NCC(F)(F)F. The van der Waals surface area contributed by atoms with Gasteiger partial charge in [0.05, 0.1) is 5.25 Å². The molecule has 7 heteroatoms. The molecule has 2 nitrogen and oxygen atoms in total. The first kappa shape index (κ1) is 14.8. The van der Waals surface area contributed by atoms with Gasteiger partial charge in [0, 0.05) is 4.90 Å². The fourth-order valence-electron chi connectivity index (χ4n) is 1.12. The third-order valence-corrected chi connectivity index (χ3v) is 3.13. The lowest BCUT2D eigenvalue weighted by Crippen LogP contribution is -2.37. The summed E-state index contributed by atoms with van der Waals surface area (Å²) in [5, 5.41) is 0.953. The minimum Gasteiger partial charge on any atom is -0.346 e. The van der Waals surface area contributed by atoms with E-state index in [9.17, 15) is 22.4 Å². The Morgan fingerprint density at radius 2 is 2.00 bits per heavy atom. The molecule has 0 saturated carbocycles. The molecule has 0 aliphatic carbocycles. The Bertz CT molecular complexity index is 422. The number of alkyl halides is 3. The molecule has 0 aliphatic rings. The standard InChI is InChI=1S/C11H11F4NOS/c1-7(10(17)16-6-11(13,14)15)18-9-5-3-2-4-8(9)12/h2-5,7H,6H2,1H3,(H,16,17). The highest BCUT2D eigenvalue weighted by Gasteiger charge is 2.29. The second kappa shape index (κ2) is 6.08. The third-order valence-electron chi connectivity index (χ3n) is 1.97. The molecule has 0 aromatic heterocycles. The van der Waals surface area contributed by atoms with Crippen LogP contribution in [0.25, 0.3) is 0 Å². The van der Waals surface area contributed by atoms with Gasteiger partial charge in [0.25, 0.3) is 0 Å². The van der Waals surface area contributed by atoms with Crippen LogP contribution in [0.2, 0.25) is 0 Å². The molecular weight excluding hydrogens is 270 g/mol. The Labute approximate surface area is 106 Å². The van der Waals surface area contributed by atoms with Crippen LogP contribution in [-0.4, -0.2) is 23.9 Å². The van der Waals surface area contributed by atoms with E-state index in [1.807, 2.05) is 0 Å². The van der Waals surface area contributed by atoms with E-state index in [4.69, 9.17) is 0 Å². The molecule has 100 valence electrons. The molecule has 1 unspecified atom stereocenters. The molecule has 0 aliphatic heterocycles. The Morgan fingerprint density at radius 3 is 2.56 bits per heavy atom. The molecule has 0 spiro atoms. The zero-order valence-corrected chi connectivity index (χ0v) is 10.2. The molecule has 1 rings (SSSR count). The van der Waals surface area contributed by atoms with Gasteiger partial charge >= 0.3 is 6.18 Å². The van der Waals surface area contributed by atoms with Crippen LogP contribution in [0.3, 0.4) is 0 Å². The number of nitrogens with one attached hydrogen (secondary N) is 1. The molecule has 1 atom stereocenters. The topological polar surface area (TPSA) is 29.1 Å². The van der Waals surface area contributed by atoms with Crippen molar-refractivity contribution in [2.45, 2.75) is 23.2 Å². The zero-order chi connectivity index (χ0) is 13.8. The minimum atomic E-state index is -4.45. The molecule has 1 aromatic carbocycles. The summed E-state index contributed by atoms with van der Waals surface area (Å²) < 4.78 is 48.9. The van der Waals surface area contributed by atoms with Gasteiger partial charge in [-0.05, 0) is 19.1 Å². The van der Waals surface area contributed by atoms with Crippen molar-refractivity contribution in [3.05, 3.63) is 30.1 Å². The van der Waals surface area contributed by atoms with Crippen molar-refractivity contribution in [3.8, 4) is 0 Å². The van der Waals surface area contributed by atoms with Crippen molar-refractivity contribution in [1.29, 1.82) is 0 Å². The van der Waals surface area contributed by atoms with Gasteiger partial charge < -0.3 is 5.32 Å². The number of rotatable bonds is 4. The van der Waals surface area contributed by atoms with Crippen molar-refractivity contribution in [2.75, 3.05) is 6.54 Å². The second-order valence-electron chi connectivity index (χ2n) is 3.52. The van der Waals surface area contributed by atoms with Crippen LogP contribution in [0.5, 0.6) is 0 Å². The van der Waals surface area contributed by atoms with Crippen LogP contribution in [0.15, 0.2) is 29.2 Å². The summed E-state index contributed by atoms with van der Waals surface area (Å²) in [6, 6.07) is 5.77. The van der Waals surface area contributed by atoms with E-state index < -0.39 is 29.7 Å². The number of amides is 1. The summed E-state index contributed by atoms with van der Waals surface area (Å²) in [6.45, 7) is 0.0385. The number of benzene rings is 1. The highest BCUT2D eigenvalue weighted by Crippen LogP contribution is 2.25. The normalized spacial score (nSPS) is 13.2. The first-order chi connectivity index (χ1) is 8.29. The van der Waals surface area contributed by atoms with Gasteiger partial charge in [-0.3, -0.25) is 4.79 Å². The van der Waals surface area contributed by atoms with Gasteiger partial charge in [0.2, 0.25) is 5.91 Å². The van der Waals surface area contributed by atoms with Gasteiger partial charge in [0.1, 0.15) is 12.4 Å². The van der Waals surface area contributed by atoms with E-state index in [2.05, 4.69) is 0 Å². The molecule has 1 aromatic rings. The van der Waals surface area contributed by atoms with Gasteiger partial charge in [0.15, 0.2) is 0 Å². The summed E-state index contributed by atoms with van der Waals surface area (Å²) in [5.74, 6) is -1.28. The quantitative estimate of drug-likeness (QED) is 0.679. The zero-order valence-electron chi connectivity index (χ0n) is 9.42. The number of hydrogen-bond donors (Lipinski definition) is 1. The maximum atomic E-state index is 13.3. The van der Waals surface area contributed by atoms with Gasteiger partial charge in [-0.1, -0.05) is 12.1 Å². The Hall–Kier alpha value is -1.24. The second-order valence-corrected chi connectivity index (χ2v) is 4.91. The number of thioether (sulfide) groups is 1. The largest absolute Gasteiger partial charge is 0.405 e. The number of halogens is 4. The summed E-state index contributed by atoms with van der Waals surface area (Å²) >= 11 is 0.874. The van der Waals surface area contributed by atoms with Gasteiger partial charge in [-0.15, -0.1) is 11.8 Å². The number of hydrogen-bond acceptors (Lipinski definition) is 2. The van der Waals surface area contributed by atoms with Crippen LogP contribution in [0.1, 0.15) is 6.92 Å². The molecule has 1 N–H and O–H groups in total. The summed E-state index contributed by atoms with van der Waals surface area (Å²) in [7, 11) is 0. The van der Waals surface area contributed by atoms with Crippen LogP contribution in [0, 0.1) is 5.82 Å². The lowest BCUT2D eigenvalue weighted by atomic mass is 10.3. The predicted molar refractivity (Wildman–Crippen MR) is 60.8 cm³/mol. The monoisotopic (exact) mass is 281 g/mol. The molecule has 0 heterocycles. The molecule has 0 radical (unpaired) electrons. The number of carbonyl (C=O) groups excluding carboxylic acids is 1. The molecule has 0 bridgehead atoms. The fraction of sp³-hybridized carbons (Fsp3) is 0.364. The molecule has 0 saturated heterocycles. The van der Waals surface area contributed by atoms with Crippen molar-refractivity contribution < 1.29 is 22.4 Å². The van der Waals surface area contributed by atoms with E-state index in [-0.39, 0.29) is 4.90 Å². The maximum absolute atomic E-state index is 13.3. The van der Waals surface area contributed by atoms with Crippen LogP contribution in [-0.2, 0) is 4.79 Å². The number of carbonyl (C=O) groups is 1. The first-order valence-electron chi connectivity index (χ1n) is 5.05. The average Bonchev–Trinajstić information content (AvgIpc) is 2.28.